The van der Waals surface area contributed by atoms with Crippen LogP contribution < -0.4 is 5.32 Å². The van der Waals surface area contributed by atoms with Crippen LogP contribution in [0.4, 0.5) is 0 Å². The van der Waals surface area contributed by atoms with E-state index in [0.717, 1.165) is 25.7 Å². The van der Waals surface area contributed by atoms with Crippen LogP contribution in [0.25, 0.3) is 0 Å². The van der Waals surface area contributed by atoms with Crippen LogP contribution in [0.1, 0.15) is 49.1 Å². The summed E-state index contributed by atoms with van der Waals surface area (Å²) in [6.45, 7) is 2.84. The molecule has 1 aliphatic carbocycles. The summed E-state index contributed by atoms with van der Waals surface area (Å²) in [5.41, 5.74) is 0.655. The number of hydrogen-bond donors (Lipinski definition) is 2. The van der Waals surface area contributed by atoms with Crippen LogP contribution in [-0.2, 0) is 0 Å². The third-order valence-electron chi connectivity index (χ3n) is 3.46. The molecule has 1 heterocycles. The number of carbonyl (C=O) groups excluding carboxylic acids is 1. The molecule has 0 bridgehead atoms. The number of nitrogens with one attached hydrogen (secondary N) is 1. The fraction of sp³-hybridized carbons (Fsp3) is 0.643. The number of rotatable bonds is 7. The minimum Gasteiger partial charge on any atom is -0.396 e. The van der Waals surface area contributed by atoms with E-state index in [2.05, 4.69) is 5.32 Å². The number of halogens is 1. The van der Waals surface area contributed by atoms with Crippen molar-refractivity contribution in [3.05, 3.63) is 23.0 Å². The van der Waals surface area contributed by atoms with Crippen molar-refractivity contribution in [3.63, 3.8) is 0 Å². The summed E-state index contributed by atoms with van der Waals surface area (Å²) in [7, 11) is 0. The highest BCUT2D eigenvalue weighted by Gasteiger charge is 2.27. The van der Waals surface area contributed by atoms with E-state index in [1.165, 1.54) is 0 Å². The van der Waals surface area contributed by atoms with Crippen molar-refractivity contribution in [2.45, 2.75) is 38.6 Å². The minimum atomic E-state index is -0.0598. The molecule has 106 valence electrons. The monoisotopic (exact) mass is 284 g/mol. The number of aliphatic hydroxyl groups excluding tert-OH is 1. The summed E-state index contributed by atoms with van der Waals surface area (Å²) in [5.74, 6) is 0.233. The van der Waals surface area contributed by atoms with Crippen molar-refractivity contribution in [3.8, 4) is 0 Å². The van der Waals surface area contributed by atoms with Crippen molar-refractivity contribution >= 4 is 17.5 Å². The highest BCUT2D eigenvalue weighted by molar-refractivity contribution is 6.31. The lowest BCUT2D eigenvalue weighted by Crippen LogP contribution is -2.27. The quantitative estimate of drug-likeness (QED) is 0.756. The SMILES string of the molecule is CC(CO)CCCNC(=O)c1cc(Cl)cn1C1CC1. The highest BCUT2D eigenvalue weighted by atomic mass is 35.5. The zero-order valence-corrected chi connectivity index (χ0v) is 12.0. The van der Waals surface area contributed by atoms with E-state index in [0.29, 0.717) is 29.2 Å². The molecule has 1 saturated carbocycles. The second-order valence-corrected chi connectivity index (χ2v) is 5.80. The molecule has 1 aliphatic rings. The van der Waals surface area contributed by atoms with Gasteiger partial charge in [0.25, 0.3) is 5.91 Å². The molecular weight excluding hydrogens is 264 g/mol. The van der Waals surface area contributed by atoms with E-state index in [1.807, 2.05) is 17.7 Å². The summed E-state index contributed by atoms with van der Waals surface area (Å²) in [4.78, 5) is 12.1. The number of carbonyl (C=O) groups is 1. The standard InChI is InChI=1S/C14H21ClN2O2/c1-10(9-18)3-2-6-16-14(19)13-7-11(15)8-17(13)12-4-5-12/h7-8,10,12,18H,2-6,9H2,1H3,(H,16,19). The molecule has 0 spiro atoms. The Bertz CT molecular complexity index is 441. The average Bonchev–Trinajstić information content (AvgIpc) is 3.17. The Kier molecular flexibility index (Phi) is 4.88. The predicted octanol–water partition coefficient (Wildman–Crippen LogP) is 2.61. The van der Waals surface area contributed by atoms with E-state index in [4.69, 9.17) is 16.7 Å². The molecule has 1 fully saturated rings. The highest BCUT2D eigenvalue weighted by Crippen LogP contribution is 2.37. The van der Waals surface area contributed by atoms with Crippen LogP contribution >= 0.6 is 11.6 Å². The van der Waals surface area contributed by atoms with Gasteiger partial charge in [-0.1, -0.05) is 18.5 Å². The van der Waals surface area contributed by atoms with Crippen LogP contribution in [0.15, 0.2) is 12.3 Å². The van der Waals surface area contributed by atoms with Crippen LogP contribution in [0.2, 0.25) is 5.02 Å². The Hall–Kier alpha value is -1.00. The maximum atomic E-state index is 12.1. The van der Waals surface area contributed by atoms with Crippen molar-refractivity contribution in [2.24, 2.45) is 5.92 Å². The molecule has 1 atom stereocenters. The summed E-state index contributed by atoms with van der Waals surface area (Å²) < 4.78 is 1.98. The fourth-order valence-corrected chi connectivity index (χ4v) is 2.33. The average molecular weight is 285 g/mol. The zero-order valence-electron chi connectivity index (χ0n) is 11.2. The minimum absolute atomic E-state index is 0.0598. The molecule has 0 aromatic carbocycles. The molecule has 1 amide bonds. The zero-order chi connectivity index (χ0) is 13.8. The van der Waals surface area contributed by atoms with Crippen LogP contribution in [-0.4, -0.2) is 28.7 Å². The predicted molar refractivity (Wildman–Crippen MR) is 75.5 cm³/mol. The topological polar surface area (TPSA) is 54.3 Å². The lowest BCUT2D eigenvalue weighted by atomic mass is 10.1. The first-order valence-electron chi connectivity index (χ1n) is 6.88. The molecule has 0 radical (unpaired) electrons. The van der Waals surface area contributed by atoms with Gasteiger partial charge >= 0.3 is 0 Å². The number of hydrogen-bond acceptors (Lipinski definition) is 2. The van der Waals surface area contributed by atoms with Crippen LogP contribution in [0, 0.1) is 5.92 Å². The normalized spacial score (nSPS) is 16.4. The second-order valence-electron chi connectivity index (χ2n) is 5.37. The second kappa shape index (κ2) is 6.44. The van der Waals surface area contributed by atoms with Gasteiger partial charge in [0.1, 0.15) is 5.69 Å². The summed E-state index contributed by atoms with van der Waals surface area (Å²) in [5, 5.41) is 12.5. The van der Waals surface area contributed by atoms with Crippen molar-refractivity contribution in [1.82, 2.24) is 9.88 Å². The maximum Gasteiger partial charge on any atom is 0.267 e. The lowest BCUT2D eigenvalue weighted by molar-refractivity contribution is 0.0942. The van der Waals surface area contributed by atoms with Crippen LogP contribution in [0.3, 0.4) is 0 Å². The molecule has 1 aromatic rings. The van der Waals surface area contributed by atoms with Gasteiger partial charge in [-0.25, -0.2) is 0 Å². The molecule has 0 saturated heterocycles. The molecule has 1 unspecified atom stereocenters. The third kappa shape index (κ3) is 3.98. The molecule has 2 N–H and O–H groups in total. The summed E-state index contributed by atoms with van der Waals surface area (Å²) in [6, 6.07) is 2.17. The first-order chi connectivity index (χ1) is 9.11. The van der Waals surface area contributed by atoms with E-state index < -0.39 is 0 Å². The van der Waals surface area contributed by atoms with Gasteiger partial charge in [0.2, 0.25) is 0 Å². The summed E-state index contributed by atoms with van der Waals surface area (Å²) in [6.07, 6.45) is 5.88. The Morgan fingerprint density at radius 3 is 3.00 bits per heavy atom. The van der Waals surface area contributed by atoms with Crippen LogP contribution in [0.5, 0.6) is 0 Å². The van der Waals surface area contributed by atoms with E-state index in [9.17, 15) is 4.79 Å². The van der Waals surface area contributed by atoms with Gasteiger partial charge in [-0.05, 0) is 37.7 Å². The van der Waals surface area contributed by atoms with Gasteiger partial charge < -0.3 is 15.0 Å². The third-order valence-corrected chi connectivity index (χ3v) is 3.67. The van der Waals surface area contributed by atoms with Crippen molar-refractivity contribution in [1.29, 1.82) is 0 Å². The molecule has 19 heavy (non-hydrogen) atoms. The molecular formula is C14H21ClN2O2. The van der Waals surface area contributed by atoms with Gasteiger partial charge in [0.05, 0.1) is 5.02 Å². The molecule has 1 aromatic heterocycles. The van der Waals surface area contributed by atoms with Gasteiger partial charge in [0.15, 0.2) is 0 Å². The smallest absolute Gasteiger partial charge is 0.267 e. The molecule has 2 rings (SSSR count). The van der Waals surface area contributed by atoms with E-state index in [1.54, 1.807) is 6.07 Å². The van der Waals surface area contributed by atoms with E-state index in [-0.39, 0.29) is 12.5 Å². The summed E-state index contributed by atoms with van der Waals surface area (Å²) >= 11 is 5.97. The Morgan fingerprint density at radius 2 is 2.37 bits per heavy atom. The number of aromatic nitrogens is 1. The van der Waals surface area contributed by atoms with Gasteiger partial charge in [-0.2, -0.15) is 0 Å². The first kappa shape index (κ1) is 14.4. The largest absolute Gasteiger partial charge is 0.396 e. The van der Waals surface area contributed by atoms with E-state index >= 15 is 0 Å². The molecule has 4 nitrogen and oxygen atoms in total. The Morgan fingerprint density at radius 1 is 1.63 bits per heavy atom. The van der Waals surface area contributed by atoms with Crippen molar-refractivity contribution in [2.75, 3.05) is 13.2 Å². The lowest BCUT2D eigenvalue weighted by Gasteiger charge is -2.10. The van der Waals surface area contributed by atoms with Crippen molar-refractivity contribution < 1.29 is 9.90 Å². The molecule has 5 heteroatoms. The number of aliphatic hydroxyl groups is 1. The Balaban J connectivity index is 1.83. The number of amides is 1. The van der Waals surface area contributed by atoms with Gasteiger partial charge in [0, 0.05) is 25.4 Å². The molecule has 0 aliphatic heterocycles. The number of nitrogens with zero attached hydrogens (tertiary/aromatic N) is 1. The van der Waals surface area contributed by atoms with Gasteiger partial charge in [-0.3, -0.25) is 4.79 Å². The van der Waals surface area contributed by atoms with Gasteiger partial charge in [-0.15, -0.1) is 0 Å². The fourth-order valence-electron chi connectivity index (χ4n) is 2.12. The Labute approximate surface area is 118 Å². The maximum absolute atomic E-state index is 12.1. The first-order valence-corrected chi connectivity index (χ1v) is 7.26.